The van der Waals surface area contributed by atoms with E-state index in [1.165, 1.54) is 36.2 Å². The Morgan fingerprint density at radius 2 is 2.00 bits per heavy atom. The molecule has 0 fully saturated rings. The molecule has 6 nitrogen and oxygen atoms in total. The molecule has 0 bridgehead atoms. The highest BCUT2D eigenvalue weighted by Gasteiger charge is 2.25. The van der Waals surface area contributed by atoms with Crippen LogP contribution in [0.1, 0.15) is 10.4 Å². The molecule has 3 rings (SSSR count). The lowest BCUT2D eigenvalue weighted by atomic mass is 10.1. The van der Waals surface area contributed by atoms with E-state index in [4.69, 9.17) is 0 Å². The average Bonchev–Trinajstić information content (AvgIpc) is 2.83. The van der Waals surface area contributed by atoms with Gasteiger partial charge in [0, 0.05) is 28.8 Å². The summed E-state index contributed by atoms with van der Waals surface area (Å²) in [6.45, 7) is 0. The number of non-ortho nitro benzene ring substituents is 1. The van der Waals surface area contributed by atoms with Crippen LogP contribution in [0.2, 0.25) is 0 Å². The fraction of sp³-hybridized carbons (Fsp3) is 0. The van der Waals surface area contributed by atoms with Gasteiger partial charge >= 0.3 is 0 Å². The summed E-state index contributed by atoms with van der Waals surface area (Å²) in [6.07, 6.45) is 1.45. The summed E-state index contributed by atoms with van der Waals surface area (Å²) in [6, 6.07) is 10.9. The van der Waals surface area contributed by atoms with Gasteiger partial charge in [-0.2, -0.15) is 0 Å². The first-order valence-electron chi connectivity index (χ1n) is 6.32. The number of fused-ring (bicyclic) bond motifs is 1. The number of nitro groups is 1. The lowest BCUT2D eigenvalue weighted by molar-refractivity contribution is -0.384. The van der Waals surface area contributed by atoms with Crippen LogP contribution < -0.4 is 5.32 Å². The summed E-state index contributed by atoms with van der Waals surface area (Å²) < 4.78 is 0. The number of carbonyl (C=O) groups excluding carboxylic acids is 1. The average molecular weight is 314 g/mol. The molecule has 0 radical (unpaired) electrons. The molecule has 0 unspecified atom stereocenters. The molecule has 2 N–H and O–H groups in total. The van der Waals surface area contributed by atoms with Crippen molar-refractivity contribution in [3.63, 3.8) is 0 Å². The molecule has 0 amide bonds. The first kappa shape index (κ1) is 14.2. The lowest BCUT2D eigenvalue weighted by Crippen LogP contribution is -1.98. The van der Waals surface area contributed by atoms with Crippen molar-refractivity contribution in [2.45, 2.75) is 4.90 Å². The molecule has 0 aromatic heterocycles. The number of ketones is 1. The predicted molar refractivity (Wildman–Crippen MR) is 83.1 cm³/mol. The molecular formula is C15H10N2O4S. The van der Waals surface area contributed by atoms with Crippen molar-refractivity contribution in [2.24, 2.45) is 0 Å². The number of allylic oxidation sites excluding steroid dienone is 1. The van der Waals surface area contributed by atoms with E-state index in [9.17, 15) is 20.0 Å². The van der Waals surface area contributed by atoms with Crippen LogP contribution in [0.25, 0.3) is 0 Å². The van der Waals surface area contributed by atoms with Crippen molar-refractivity contribution < 1.29 is 14.8 Å². The Bertz CT molecular complexity index is 817. The second kappa shape index (κ2) is 5.53. The fourth-order valence-corrected chi connectivity index (χ4v) is 3.01. The van der Waals surface area contributed by atoms with E-state index in [1.807, 2.05) is 12.1 Å². The highest BCUT2D eigenvalue weighted by Crippen LogP contribution is 2.39. The Morgan fingerprint density at radius 1 is 1.23 bits per heavy atom. The van der Waals surface area contributed by atoms with Crippen molar-refractivity contribution in [1.29, 1.82) is 0 Å². The number of rotatable bonds is 3. The quantitative estimate of drug-likeness (QED) is 0.389. The number of carbonyl (C=O) groups is 1. The van der Waals surface area contributed by atoms with E-state index < -0.39 is 4.92 Å². The fourth-order valence-electron chi connectivity index (χ4n) is 2.03. The second-order valence-electron chi connectivity index (χ2n) is 4.54. The van der Waals surface area contributed by atoms with Gasteiger partial charge in [0.2, 0.25) is 5.78 Å². The van der Waals surface area contributed by atoms with Gasteiger partial charge < -0.3 is 10.4 Å². The topological polar surface area (TPSA) is 92.5 Å². The SMILES string of the molecule is O=C1C(=CNc2cc([N+](=O)[O-])ccc2O)Sc2ccccc21. The smallest absolute Gasteiger partial charge is 0.271 e. The molecule has 0 spiro atoms. The zero-order chi connectivity index (χ0) is 15.7. The van der Waals surface area contributed by atoms with E-state index in [0.717, 1.165) is 4.90 Å². The largest absolute Gasteiger partial charge is 0.506 e. The predicted octanol–water partition coefficient (Wildman–Crippen LogP) is 3.54. The van der Waals surface area contributed by atoms with Crippen LogP contribution in [0.4, 0.5) is 11.4 Å². The Balaban J connectivity index is 1.86. The normalized spacial score (nSPS) is 14.9. The molecule has 1 aliphatic heterocycles. The number of nitrogens with zero attached hydrogens (tertiary/aromatic N) is 1. The number of thioether (sulfide) groups is 1. The zero-order valence-electron chi connectivity index (χ0n) is 11.1. The summed E-state index contributed by atoms with van der Waals surface area (Å²) in [5.74, 6) is -0.242. The Kier molecular flexibility index (Phi) is 3.56. The molecule has 0 aliphatic carbocycles. The number of hydrogen-bond donors (Lipinski definition) is 2. The molecule has 1 aliphatic rings. The van der Waals surface area contributed by atoms with E-state index >= 15 is 0 Å². The molecule has 2 aromatic carbocycles. The van der Waals surface area contributed by atoms with Crippen LogP contribution in [0, 0.1) is 10.1 Å². The van der Waals surface area contributed by atoms with E-state index in [1.54, 1.807) is 12.1 Å². The Hall–Kier alpha value is -2.80. The summed E-state index contributed by atoms with van der Waals surface area (Å²) in [5, 5.41) is 23.2. The highest BCUT2D eigenvalue weighted by atomic mass is 32.2. The van der Waals surface area contributed by atoms with Crippen LogP contribution >= 0.6 is 11.8 Å². The maximum absolute atomic E-state index is 12.2. The molecule has 7 heteroatoms. The van der Waals surface area contributed by atoms with Gasteiger partial charge in [0.05, 0.1) is 15.5 Å². The molecule has 0 atom stereocenters. The number of benzene rings is 2. The van der Waals surface area contributed by atoms with Gasteiger partial charge in [0.25, 0.3) is 5.69 Å². The number of nitro benzene ring substituents is 1. The third-order valence-electron chi connectivity index (χ3n) is 3.13. The van der Waals surface area contributed by atoms with Crippen LogP contribution in [0.15, 0.2) is 58.5 Å². The number of aromatic hydroxyl groups is 1. The van der Waals surface area contributed by atoms with E-state index in [0.29, 0.717) is 10.5 Å². The lowest BCUT2D eigenvalue weighted by Gasteiger charge is -2.04. The molecule has 1 heterocycles. The van der Waals surface area contributed by atoms with Gasteiger partial charge in [-0.05, 0) is 18.2 Å². The number of phenols is 1. The minimum Gasteiger partial charge on any atom is -0.506 e. The van der Waals surface area contributed by atoms with Crippen LogP contribution in [-0.2, 0) is 0 Å². The Labute approximate surface area is 129 Å². The number of anilines is 1. The number of hydrogen-bond acceptors (Lipinski definition) is 6. The molecule has 0 saturated carbocycles. The van der Waals surface area contributed by atoms with Crippen molar-refractivity contribution in [3.05, 3.63) is 69.2 Å². The van der Waals surface area contributed by atoms with Gasteiger partial charge in [-0.3, -0.25) is 14.9 Å². The van der Waals surface area contributed by atoms with Gasteiger partial charge in [0.15, 0.2) is 0 Å². The standard InChI is InChI=1S/C15H10N2O4S/c18-12-6-5-9(17(20)21)7-11(12)16-8-14-15(19)10-3-1-2-4-13(10)22-14/h1-8,16,18H. The van der Waals surface area contributed by atoms with Crippen molar-refractivity contribution in [2.75, 3.05) is 5.32 Å². The summed E-state index contributed by atoms with van der Waals surface area (Å²) in [7, 11) is 0. The van der Waals surface area contributed by atoms with E-state index in [2.05, 4.69) is 5.32 Å². The molecule has 110 valence electrons. The number of phenolic OH excluding ortho intramolecular Hbond substituents is 1. The van der Waals surface area contributed by atoms with Crippen molar-refractivity contribution >= 4 is 28.9 Å². The van der Waals surface area contributed by atoms with Crippen LogP contribution in [0.5, 0.6) is 5.75 Å². The third-order valence-corrected chi connectivity index (χ3v) is 4.22. The minimum absolute atomic E-state index is 0.113. The second-order valence-corrected chi connectivity index (χ2v) is 5.62. The van der Waals surface area contributed by atoms with Crippen LogP contribution in [-0.4, -0.2) is 15.8 Å². The third kappa shape index (κ3) is 2.53. The summed E-state index contributed by atoms with van der Waals surface area (Å²) in [4.78, 5) is 23.7. The highest BCUT2D eigenvalue weighted by molar-refractivity contribution is 8.04. The van der Waals surface area contributed by atoms with Crippen molar-refractivity contribution in [3.8, 4) is 5.75 Å². The van der Waals surface area contributed by atoms with Gasteiger partial charge in [-0.25, -0.2) is 0 Å². The summed E-state index contributed by atoms with van der Waals surface area (Å²) in [5.41, 5.74) is 0.655. The first-order chi connectivity index (χ1) is 10.6. The van der Waals surface area contributed by atoms with Crippen molar-refractivity contribution in [1.82, 2.24) is 0 Å². The number of nitrogens with one attached hydrogen (secondary N) is 1. The maximum Gasteiger partial charge on any atom is 0.271 e. The molecule has 2 aromatic rings. The molecule has 0 saturated heterocycles. The Morgan fingerprint density at radius 3 is 2.73 bits per heavy atom. The summed E-state index contributed by atoms with van der Waals surface area (Å²) >= 11 is 1.31. The number of Topliss-reactive ketones (excluding diaryl/α,β-unsaturated/α-hetero) is 1. The zero-order valence-corrected chi connectivity index (χ0v) is 12.0. The minimum atomic E-state index is -0.552. The molecule has 22 heavy (non-hydrogen) atoms. The molecular weight excluding hydrogens is 304 g/mol. The van der Waals surface area contributed by atoms with Gasteiger partial charge in [0.1, 0.15) is 5.75 Å². The first-order valence-corrected chi connectivity index (χ1v) is 7.13. The van der Waals surface area contributed by atoms with Gasteiger partial charge in [-0.15, -0.1) is 0 Å². The monoisotopic (exact) mass is 314 g/mol. The van der Waals surface area contributed by atoms with E-state index in [-0.39, 0.29) is 22.9 Å². The maximum atomic E-state index is 12.2. The van der Waals surface area contributed by atoms with Crippen LogP contribution in [0.3, 0.4) is 0 Å². The van der Waals surface area contributed by atoms with Gasteiger partial charge in [-0.1, -0.05) is 23.9 Å².